The Hall–Kier alpha value is -1.58. The smallest absolute Gasteiger partial charge is 0.335 e. The fraction of sp³-hybridized carbons (Fsp3) is 0.100. The molecule has 1 aromatic rings. The summed E-state index contributed by atoms with van der Waals surface area (Å²) in [5, 5.41) is 19.6. The lowest BCUT2D eigenvalue weighted by Gasteiger charge is -2.09. The van der Waals surface area contributed by atoms with Gasteiger partial charge in [-0.1, -0.05) is 11.6 Å². The average molecular weight is 318 g/mol. The first-order valence-electron chi connectivity index (χ1n) is 4.35. The number of aromatic carboxylic acids is 1. The Kier molecular flexibility index (Phi) is 4.49. The van der Waals surface area contributed by atoms with Crippen LogP contribution >= 0.6 is 27.5 Å². The molecule has 0 aromatic heterocycles. The van der Waals surface area contributed by atoms with Gasteiger partial charge in [-0.2, -0.15) is 5.26 Å². The second kappa shape index (κ2) is 5.66. The van der Waals surface area contributed by atoms with Gasteiger partial charge in [0.25, 0.3) is 0 Å². The van der Waals surface area contributed by atoms with E-state index in [2.05, 4.69) is 21.2 Å². The minimum atomic E-state index is -1.12. The third kappa shape index (κ3) is 3.44. The average Bonchev–Trinajstić information content (AvgIpc) is 2.23. The lowest BCUT2D eigenvalue weighted by molar-refractivity contribution is -0.115. The zero-order valence-electron chi connectivity index (χ0n) is 8.33. The van der Waals surface area contributed by atoms with Gasteiger partial charge in [0.1, 0.15) is 6.42 Å². The highest BCUT2D eigenvalue weighted by atomic mass is 79.9. The molecule has 0 unspecified atom stereocenters. The highest BCUT2D eigenvalue weighted by molar-refractivity contribution is 9.10. The number of amides is 1. The minimum Gasteiger partial charge on any atom is -0.478 e. The molecule has 5 nitrogen and oxygen atoms in total. The van der Waals surface area contributed by atoms with E-state index in [-0.39, 0.29) is 22.7 Å². The van der Waals surface area contributed by atoms with E-state index in [0.717, 1.165) is 0 Å². The van der Waals surface area contributed by atoms with Crippen molar-refractivity contribution in [3.05, 3.63) is 27.2 Å². The summed E-state index contributed by atoms with van der Waals surface area (Å²) in [6.07, 6.45) is -0.302. The van der Waals surface area contributed by atoms with Gasteiger partial charge in [-0.05, 0) is 28.1 Å². The van der Waals surface area contributed by atoms with E-state index in [1.54, 1.807) is 6.07 Å². The molecular weight excluding hydrogens is 311 g/mol. The minimum absolute atomic E-state index is 0.000146. The van der Waals surface area contributed by atoms with Crippen LogP contribution in [0.2, 0.25) is 5.02 Å². The molecule has 0 radical (unpaired) electrons. The predicted octanol–water partition coefficient (Wildman–Crippen LogP) is 2.65. The molecule has 0 fully saturated rings. The van der Waals surface area contributed by atoms with Crippen molar-refractivity contribution in [2.24, 2.45) is 0 Å². The Morgan fingerprint density at radius 1 is 1.53 bits per heavy atom. The normalized spacial score (nSPS) is 9.47. The lowest BCUT2D eigenvalue weighted by Crippen LogP contribution is -2.11. The highest BCUT2D eigenvalue weighted by Gasteiger charge is 2.13. The first-order chi connectivity index (χ1) is 7.95. The molecule has 0 bridgehead atoms. The third-order valence-corrected chi connectivity index (χ3v) is 2.72. The van der Waals surface area contributed by atoms with Gasteiger partial charge in [0.15, 0.2) is 0 Å². The van der Waals surface area contributed by atoms with Gasteiger partial charge >= 0.3 is 5.97 Å². The molecule has 0 spiro atoms. The van der Waals surface area contributed by atoms with Crippen molar-refractivity contribution in [3.8, 4) is 6.07 Å². The second-order valence-electron chi connectivity index (χ2n) is 3.00. The maximum Gasteiger partial charge on any atom is 0.335 e. The highest BCUT2D eigenvalue weighted by Crippen LogP contribution is 2.32. The van der Waals surface area contributed by atoms with Gasteiger partial charge in [0.2, 0.25) is 5.91 Å². The summed E-state index contributed by atoms with van der Waals surface area (Å²) in [5.41, 5.74) is 0.247. The van der Waals surface area contributed by atoms with E-state index in [0.29, 0.717) is 4.47 Å². The number of halogens is 2. The summed E-state index contributed by atoms with van der Waals surface area (Å²) in [6, 6.07) is 4.23. The molecule has 0 saturated carbocycles. The molecule has 17 heavy (non-hydrogen) atoms. The lowest BCUT2D eigenvalue weighted by atomic mass is 10.2. The number of carbonyl (C=O) groups excluding carboxylic acids is 1. The fourth-order valence-electron chi connectivity index (χ4n) is 1.07. The Balaban J connectivity index is 3.07. The van der Waals surface area contributed by atoms with E-state index < -0.39 is 11.9 Å². The molecule has 1 rings (SSSR count). The number of nitrogens with zero attached hydrogens (tertiary/aromatic N) is 1. The van der Waals surface area contributed by atoms with E-state index in [4.69, 9.17) is 22.0 Å². The maximum absolute atomic E-state index is 11.2. The SMILES string of the molecule is N#CCC(=O)Nc1c(Cl)cc(C(=O)O)cc1Br. The van der Waals surface area contributed by atoms with Crippen molar-refractivity contribution in [2.45, 2.75) is 6.42 Å². The molecule has 0 aliphatic carbocycles. The van der Waals surface area contributed by atoms with Gasteiger partial charge < -0.3 is 10.4 Å². The Bertz CT molecular complexity index is 502. The van der Waals surface area contributed by atoms with Crippen LogP contribution in [0.15, 0.2) is 16.6 Å². The largest absolute Gasteiger partial charge is 0.478 e. The first kappa shape index (κ1) is 13.5. The van der Waals surface area contributed by atoms with Gasteiger partial charge in [-0.25, -0.2) is 4.79 Å². The molecule has 0 heterocycles. The van der Waals surface area contributed by atoms with Crippen LogP contribution in [0.25, 0.3) is 0 Å². The van der Waals surface area contributed by atoms with Gasteiger partial charge in [0, 0.05) is 4.47 Å². The van der Waals surface area contributed by atoms with Crippen LogP contribution in [0.4, 0.5) is 5.69 Å². The number of nitrogens with one attached hydrogen (secondary N) is 1. The number of rotatable bonds is 3. The van der Waals surface area contributed by atoms with Crippen LogP contribution in [0.5, 0.6) is 0 Å². The number of nitriles is 1. The molecule has 0 aliphatic rings. The zero-order valence-corrected chi connectivity index (χ0v) is 10.7. The van der Waals surface area contributed by atoms with Gasteiger partial charge in [-0.15, -0.1) is 0 Å². The van der Waals surface area contributed by atoms with Crippen molar-refractivity contribution in [3.63, 3.8) is 0 Å². The van der Waals surface area contributed by atoms with Crippen molar-refractivity contribution in [1.82, 2.24) is 0 Å². The Morgan fingerprint density at radius 3 is 2.65 bits per heavy atom. The standard InChI is InChI=1S/C10H6BrClN2O3/c11-6-3-5(10(16)17)4-7(12)9(6)14-8(15)1-2-13/h3-4H,1H2,(H,14,15)(H,16,17). The van der Waals surface area contributed by atoms with Crippen LogP contribution in [0.1, 0.15) is 16.8 Å². The Labute approximate surface area is 110 Å². The van der Waals surface area contributed by atoms with Crippen molar-refractivity contribution in [1.29, 1.82) is 5.26 Å². The Morgan fingerprint density at radius 2 is 2.18 bits per heavy atom. The van der Waals surface area contributed by atoms with Crippen LogP contribution in [0, 0.1) is 11.3 Å². The molecule has 1 amide bonds. The quantitative estimate of drug-likeness (QED) is 0.896. The van der Waals surface area contributed by atoms with E-state index in [1.165, 1.54) is 12.1 Å². The van der Waals surface area contributed by atoms with Crippen LogP contribution in [-0.2, 0) is 4.79 Å². The number of hydrogen-bond donors (Lipinski definition) is 2. The van der Waals surface area contributed by atoms with Crippen LogP contribution in [-0.4, -0.2) is 17.0 Å². The maximum atomic E-state index is 11.2. The van der Waals surface area contributed by atoms with E-state index in [9.17, 15) is 9.59 Å². The summed E-state index contributed by atoms with van der Waals surface area (Å²) in [4.78, 5) is 21.9. The third-order valence-electron chi connectivity index (χ3n) is 1.79. The van der Waals surface area contributed by atoms with Crippen LogP contribution < -0.4 is 5.32 Å². The van der Waals surface area contributed by atoms with Gasteiger partial charge in [0.05, 0.1) is 22.3 Å². The number of hydrogen-bond acceptors (Lipinski definition) is 3. The monoisotopic (exact) mass is 316 g/mol. The van der Waals surface area contributed by atoms with Crippen LogP contribution in [0.3, 0.4) is 0 Å². The number of anilines is 1. The molecule has 7 heteroatoms. The fourth-order valence-corrected chi connectivity index (χ4v) is 2.01. The predicted molar refractivity (Wildman–Crippen MR) is 65.0 cm³/mol. The summed E-state index contributed by atoms with van der Waals surface area (Å²) in [7, 11) is 0. The van der Waals surface area contributed by atoms with Gasteiger partial charge in [-0.3, -0.25) is 4.79 Å². The zero-order chi connectivity index (χ0) is 13.0. The molecular formula is C10H6BrClN2O3. The number of carboxylic acid groups (broad SMARTS) is 1. The second-order valence-corrected chi connectivity index (χ2v) is 4.26. The molecule has 0 atom stereocenters. The number of benzene rings is 1. The summed E-state index contributed by atoms with van der Waals surface area (Å²) in [6.45, 7) is 0. The van der Waals surface area contributed by atoms with Crippen molar-refractivity contribution >= 4 is 45.1 Å². The molecule has 0 saturated heterocycles. The number of carboxylic acids is 1. The van der Waals surface area contributed by atoms with Crippen molar-refractivity contribution in [2.75, 3.05) is 5.32 Å². The molecule has 0 aliphatic heterocycles. The molecule has 2 N–H and O–H groups in total. The van der Waals surface area contributed by atoms with Crippen molar-refractivity contribution < 1.29 is 14.7 Å². The first-order valence-corrected chi connectivity index (χ1v) is 5.52. The summed E-state index contributed by atoms with van der Waals surface area (Å²) >= 11 is 8.93. The molecule has 88 valence electrons. The summed E-state index contributed by atoms with van der Waals surface area (Å²) in [5.74, 6) is -1.64. The molecule has 1 aromatic carbocycles. The number of carbonyl (C=O) groups is 2. The topological polar surface area (TPSA) is 90.2 Å². The summed E-state index contributed by atoms with van der Waals surface area (Å²) < 4.78 is 0.341. The van der Waals surface area contributed by atoms with E-state index in [1.807, 2.05) is 0 Å². The van der Waals surface area contributed by atoms with E-state index >= 15 is 0 Å².